The molecule has 6 rings (SSSR count). The van der Waals surface area contributed by atoms with E-state index in [1.165, 1.54) is 0 Å². The van der Waals surface area contributed by atoms with Crippen molar-refractivity contribution in [2.75, 3.05) is 0 Å². The maximum absolute atomic E-state index is 13.6. The van der Waals surface area contributed by atoms with E-state index in [1.807, 2.05) is 66.9 Å². The van der Waals surface area contributed by atoms with Gasteiger partial charge in [0, 0.05) is 36.9 Å². The molecule has 0 aliphatic carbocycles. The molecule has 0 radical (unpaired) electrons. The Morgan fingerprint density at radius 3 is 2.61 bits per heavy atom. The van der Waals surface area contributed by atoms with Gasteiger partial charge in [-0.05, 0) is 59.5 Å². The van der Waals surface area contributed by atoms with Crippen LogP contribution in [0.5, 0.6) is 0 Å². The minimum absolute atomic E-state index is 0.181. The summed E-state index contributed by atoms with van der Waals surface area (Å²) in [6, 6.07) is 25.8. The quantitative estimate of drug-likeness (QED) is 0.407. The lowest BCUT2D eigenvalue weighted by Crippen LogP contribution is -2.25. The molecule has 2 aromatic carbocycles. The van der Waals surface area contributed by atoms with Crippen molar-refractivity contribution in [2.24, 2.45) is 0 Å². The molecule has 0 aliphatic rings. The van der Waals surface area contributed by atoms with Crippen LogP contribution in [-0.4, -0.2) is 24.1 Å². The third-order valence-corrected chi connectivity index (χ3v) is 5.74. The molecule has 0 spiro atoms. The van der Waals surface area contributed by atoms with Gasteiger partial charge in [-0.2, -0.15) is 0 Å². The van der Waals surface area contributed by atoms with Gasteiger partial charge in [0.2, 0.25) is 0 Å². The number of para-hydroxylation sites is 1. The molecule has 0 saturated carbocycles. The third-order valence-electron chi connectivity index (χ3n) is 5.74. The number of hydrogen-bond acceptors (Lipinski definition) is 4. The number of hydrogen-bond donors (Lipinski definition) is 0. The Morgan fingerprint density at radius 1 is 0.818 bits per heavy atom. The van der Waals surface area contributed by atoms with Crippen molar-refractivity contribution in [3.63, 3.8) is 0 Å². The van der Waals surface area contributed by atoms with Crippen LogP contribution in [0.15, 0.2) is 108 Å². The van der Waals surface area contributed by atoms with E-state index in [4.69, 9.17) is 0 Å². The lowest BCUT2D eigenvalue weighted by atomic mass is 10.1. The number of benzene rings is 2. The minimum Gasteiger partial charge on any atom is -0.316 e. The molecule has 0 unspecified atom stereocenters. The first-order chi connectivity index (χ1) is 16.3. The van der Waals surface area contributed by atoms with Crippen molar-refractivity contribution in [3.8, 4) is 11.4 Å². The second-order valence-electron chi connectivity index (χ2n) is 7.85. The van der Waals surface area contributed by atoms with Gasteiger partial charge < -0.3 is 4.57 Å². The Balaban J connectivity index is 1.55. The first kappa shape index (κ1) is 19.1. The summed E-state index contributed by atoms with van der Waals surface area (Å²) in [6.07, 6.45) is 7.61. The lowest BCUT2D eigenvalue weighted by molar-refractivity contribution is 0.922. The first-order valence-corrected chi connectivity index (χ1v) is 10.7. The highest BCUT2D eigenvalue weighted by Crippen LogP contribution is 2.23. The largest absolute Gasteiger partial charge is 0.316 e. The second-order valence-corrected chi connectivity index (χ2v) is 7.85. The SMILES string of the molecule is O=c1c(Cc2cccnc2)nc2cccnc2n1-c1cccc(-n2ccc3ccccc32)c1. The van der Waals surface area contributed by atoms with Gasteiger partial charge in [-0.25, -0.2) is 9.97 Å². The van der Waals surface area contributed by atoms with Crippen LogP contribution >= 0.6 is 0 Å². The third kappa shape index (κ3) is 3.38. The molecule has 4 aromatic heterocycles. The lowest BCUT2D eigenvalue weighted by Gasteiger charge is -2.13. The Morgan fingerprint density at radius 2 is 1.70 bits per heavy atom. The molecule has 33 heavy (non-hydrogen) atoms. The van der Waals surface area contributed by atoms with Gasteiger partial charge in [-0.3, -0.25) is 14.3 Å². The summed E-state index contributed by atoms with van der Waals surface area (Å²) >= 11 is 0. The zero-order chi connectivity index (χ0) is 22.2. The van der Waals surface area contributed by atoms with E-state index in [-0.39, 0.29) is 5.56 Å². The summed E-state index contributed by atoms with van der Waals surface area (Å²) in [5, 5.41) is 1.16. The van der Waals surface area contributed by atoms with E-state index in [0.29, 0.717) is 23.3 Å². The fourth-order valence-corrected chi connectivity index (χ4v) is 4.21. The molecule has 0 atom stereocenters. The average Bonchev–Trinajstić information content (AvgIpc) is 3.30. The van der Waals surface area contributed by atoms with Crippen LogP contribution in [-0.2, 0) is 6.42 Å². The Bertz CT molecular complexity index is 1670. The minimum atomic E-state index is -0.181. The van der Waals surface area contributed by atoms with Gasteiger partial charge in [-0.1, -0.05) is 30.3 Å². The zero-order valence-electron chi connectivity index (χ0n) is 17.7. The van der Waals surface area contributed by atoms with E-state index in [0.717, 1.165) is 27.8 Å². The summed E-state index contributed by atoms with van der Waals surface area (Å²) in [7, 11) is 0. The highest BCUT2D eigenvalue weighted by atomic mass is 16.1. The molecule has 0 fully saturated rings. The highest BCUT2D eigenvalue weighted by Gasteiger charge is 2.15. The number of pyridine rings is 2. The van der Waals surface area contributed by atoms with Crippen LogP contribution in [0.3, 0.4) is 0 Å². The van der Waals surface area contributed by atoms with Crippen LogP contribution < -0.4 is 5.56 Å². The Kier molecular flexibility index (Phi) is 4.54. The number of aromatic nitrogens is 5. The van der Waals surface area contributed by atoms with Gasteiger partial charge in [0.25, 0.3) is 5.56 Å². The summed E-state index contributed by atoms with van der Waals surface area (Å²) in [5.41, 5.74) is 5.24. The highest BCUT2D eigenvalue weighted by molar-refractivity contribution is 5.82. The molecule has 6 aromatic rings. The normalized spacial score (nSPS) is 11.3. The standard InChI is InChI=1S/C27H19N5O/c33-27-24(16-19-6-4-13-28-18-19)30-23-10-5-14-29-26(23)32(27)22-9-3-8-21(17-22)31-15-12-20-7-1-2-11-25(20)31/h1-15,17-18H,16H2. The van der Waals surface area contributed by atoms with Gasteiger partial charge in [0.05, 0.1) is 11.2 Å². The molecule has 0 N–H and O–H groups in total. The van der Waals surface area contributed by atoms with Crippen LogP contribution in [0.2, 0.25) is 0 Å². The topological polar surface area (TPSA) is 65.6 Å². The summed E-state index contributed by atoms with van der Waals surface area (Å²) < 4.78 is 3.78. The monoisotopic (exact) mass is 429 g/mol. The molecule has 4 heterocycles. The molecule has 0 amide bonds. The van der Waals surface area contributed by atoms with Gasteiger partial charge in [0.15, 0.2) is 5.65 Å². The maximum Gasteiger partial charge on any atom is 0.278 e. The summed E-state index contributed by atoms with van der Waals surface area (Å²) in [4.78, 5) is 26.9. The molecule has 6 nitrogen and oxygen atoms in total. The fourth-order valence-electron chi connectivity index (χ4n) is 4.21. The fraction of sp³-hybridized carbons (Fsp3) is 0.0370. The van der Waals surface area contributed by atoms with E-state index in [2.05, 4.69) is 37.7 Å². The van der Waals surface area contributed by atoms with E-state index < -0.39 is 0 Å². The molecule has 158 valence electrons. The van der Waals surface area contributed by atoms with Crippen LogP contribution in [0, 0.1) is 0 Å². The molecular weight excluding hydrogens is 410 g/mol. The smallest absolute Gasteiger partial charge is 0.278 e. The second kappa shape index (κ2) is 7.84. The van der Waals surface area contributed by atoms with Crippen molar-refractivity contribution in [3.05, 3.63) is 125 Å². The average molecular weight is 429 g/mol. The van der Waals surface area contributed by atoms with Crippen molar-refractivity contribution < 1.29 is 0 Å². The van der Waals surface area contributed by atoms with E-state index in [1.54, 1.807) is 23.2 Å². The van der Waals surface area contributed by atoms with Crippen molar-refractivity contribution in [1.82, 2.24) is 24.1 Å². The van der Waals surface area contributed by atoms with Crippen LogP contribution in [0.4, 0.5) is 0 Å². The Labute approximate surface area is 189 Å². The predicted molar refractivity (Wildman–Crippen MR) is 129 cm³/mol. The molecule has 6 heteroatoms. The van der Waals surface area contributed by atoms with Gasteiger partial charge in [0.1, 0.15) is 11.2 Å². The number of fused-ring (bicyclic) bond motifs is 2. The maximum atomic E-state index is 13.6. The number of rotatable bonds is 4. The molecule has 0 aliphatic heterocycles. The van der Waals surface area contributed by atoms with E-state index >= 15 is 0 Å². The van der Waals surface area contributed by atoms with Crippen molar-refractivity contribution in [2.45, 2.75) is 6.42 Å². The van der Waals surface area contributed by atoms with Crippen molar-refractivity contribution in [1.29, 1.82) is 0 Å². The Hall–Kier alpha value is -4.58. The number of nitrogens with zero attached hydrogens (tertiary/aromatic N) is 5. The van der Waals surface area contributed by atoms with Crippen molar-refractivity contribution >= 4 is 22.1 Å². The molecule has 0 saturated heterocycles. The molecular formula is C27H19N5O. The van der Waals surface area contributed by atoms with Gasteiger partial charge in [-0.15, -0.1) is 0 Å². The first-order valence-electron chi connectivity index (χ1n) is 10.7. The van der Waals surface area contributed by atoms with Gasteiger partial charge >= 0.3 is 0 Å². The summed E-state index contributed by atoms with van der Waals surface area (Å²) in [5.74, 6) is 0. The summed E-state index contributed by atoms with van der Waals surface area (Å²) in [6.45, 7) is 0. The van der Waals surface area contributed by atoms with Crippen LogP contribution in [0.25, 0.3) is 33.4 Å². The molecule has 0 bridgehead atoms. The van der Waals surface area contributed by atoms with E-state index in [9.17, 15) is 4.79 Å². The predicted octanol–water partition coefficient (Wildman–Crippen LogP) is 4.71. The zero-order valence-corrected chi connectivity index (χ0v) is 17.7. The van der Waals surface area contributed by atoms with Crippen LogP contribution in [0.1, 0.15) is 11.3 Å².